The number of para-hydroxylation sites is 2. The number of carbonyl (C=O) groups is 4. The third-order valence-electron chi connectivity index (χ3n) is 8.38. The Hall–Kier alpha value is -4.99. The molecule has 0 bridgehead atoms. The average Bonchev–Trinajstić information content (AvgIpc) is 3.87. The van der Waals surface area contributed by atoms with E-state index in [-0.39, 0.29) is 30.4 Å². The fourth-order valence-electron chi connectivity index (χ4n) is 5.45. The largest absolute Gasteiger partial charge is 0.449 e. The zero-order chi connectivity index (χ0) is 39.4. The van der Waals surface area contributed by atoms with Crippen molar-refractivity contribution in [2.24, 2.45) is 11.8 Å². The van der Waals surface area contributed by atoms with Crippen molar-refractivity contribution in [3.05, 3.63) is 70.5 Å². The number of aromatic amines is 1. The van der Waals surface area contributed by atoms with Crippen molar-refractivity contribution in [1.29, 1.82) is 0 Å². The maximum Gasteiger partial charge on any atom is 0.407 e. The van der Waals surface area contributed by atoms with Crippen LogP contribution in [0.15, 0.2) is 59.4 Å². The van der Waals surface area contributed by atoms with E-state index in [0.29, 0.717) is 48.0 Å². The zero-order valence-corrected chi connectivity index (χ0v) is 31.6. The second-order valence-corrected chi connectivity index (χ2v) is 15.3. The quantitative estimate of drug-likeness (QED) is 0.170. The first-order valence-corrected chi connectivity index (χ1v) is 19.2. The lowest BCUT2D eigenvalue weighted by Gasteiger charge is -2.28. The number of H-pyrrole nitrogens is 1. The molecule has 0 spiro atoms. The van der Waals surface area contributed by atoms with Gasteiger partial charge in [-0.05, 0) is 61.8 Å². The lowest BCUT2D eigenvalue weighted by molar-refractivity contribution is -0.139. The van der Waals surface area contributed by atoms with Crippen LogP contribution in [0.2, 0.25) is 0 Å². The van der Waals surface area contributed by atoms with E-state index in [1.165, 1.54) is 4.90 Å². The second-order valence-electron chi connectivity index (χ2n) is 13.9. The van der Waals surface area contributed by atoms with Gasteiger partial charge in [-0.1, -0.05) is 70.2 Å². The molecular weight excluding hydrogens is 723 g/mol. The van der Waals surface area contributed by atoms with Gasteiger partial charge in [-0.25, -0.2) is 22.8 Å². The number of hydrogen-bond acceptors (Lipinski definition) is 8. The number of alkyl halides is 2. The number of likely N-dealkylation sites (tertiary alicyclic amines) is 1. The summed E-state index contributed by atoms with van der Waals surface area (Å²) in [6.45, 7) is 7.33. The molecule has 1 saturated heterocycles. The molecule has 2 heterocycles. The predicted octanol–water partition coefficient (Wildman–Crippen LogP) is 4.70. The van der Waals surface area contributed by atoms with Gasteiger partial charge >= 0.3 is 6.09 Å². The van der Waals surface area contributed by atoms with Gasteiger partial charge in [0.05, 0.1) is 22.9 Å². The number of ether oxygens (including phenoxy) is 1. The molecule has 13 nitrogen and oxygen atoms in total. The minimum absolute atomic E-state index is 0.00810. The van der Waals surface area contributed by atoms with Crippen LogP contribution in [-0.2, 0) is 30.1 Å². The van der Waals surface area contributed by atoms with Gasteiger partial charge in [0.2, 0.25) is 18.2 Å². The normalized spacial score (nSPS) is 17.1. The van der Waals surface area contributed by atoms with E-state index in [4.69, 9.17) is 4.74 Å². The molecule has 4 unspecified atom stereocenters. The molecule has 2 aliphatic rings. The van der Waals surface area contributed by atoms with Crippen LogP contribution < -0.4 is 20.9 Å². The summed E-state index contributed by atoms with van der Waals surface area (Å²) < 4.78 is 46.6. The number of carbonyl (C=O) groups excluding carboxylic acids is 4. The smallest absolute Gasteiger partial charge is 0.407 e. The number of benzene rings is 2. The summed E-state index contributed by atoms with van der Waals surface area (Å²) in [5.41, 5.74) is 2.76. The van der Waals surface area contributed by atoms with Gasteiger partial charge in [-0.3, -0.25) is 23.9 Å². The van der Waals surface area contributed by atoms with Crippen LogP contribution in [0.5, 0.6) is 0 Å². The molecule has 4 amide bonds. The molecule has 1 aliphatic heterocycles. The maximum atomic E-state index is 13.5. The minimum atomic E-state index is -2.94. The van der Waals surface area contributed by atoms with Gasteiger partial charge in [-0.2, -0.15) is 0 Å². The van der Waals surface area contributed by atoms with Crippen LogP contribution in [-0.4, -0.2) is 86.3 Å². The number of aromatic nitrogens is 2. The lowest BCUT2D eigenvalue weighted by atomic mass is 10.0. The predicted molar refractivity (Wildman–Crippen MR) is 202 cm³/mol. The Labute approximate surface area is 315 Å². The van der Waals surface area contributed by atoms with E-state index in [1.807, 2.05) is 36.4 Å². The first kappa shape index (κ1) is 41.8. The molecule has 2 fully saturated rings. The number of nitrogens with zero attached hydrogens (tertiary/aromatic N) is 2. The molecule has 2 aromatic carbocycles. The van der Waals surface area contributed by atoms with Gasteiger partial charge in [0.25, 0.3) is 11.5 Å². The van der Waals surface area contributed by atoms with Gasteiger partial charge in [-0.15, -0.1) is 0 Å². The molecule has 0 radical (unpaired) electrons. The van der Waals surface area contributed by atoms with Gasteiger partial charge in [0.1, 0.15) is 35.3 Å². The number of fused-ring (bicyclic) bond motifs is 1. The first-order valence-electron chi connectivity index (χ1n) is 18.0. The third kappa shape index (κ3) is 12.3. The molecule has 3 aromatic rings. The molecule has 5 rings (SSSR count). The summed E-state index contributed by atoms with van der Waals surface area (Å²) >= 11 is 0. The van der Waals surface area contributed by atoms with Crippen LogP contribution in [0.3, 0.4) is 0 Å². The molecule has 292 valence electrons. The maximum absolute atomic E-state index is 13.5. The molecule has 1 saturated carbocycles. The summed E-state index contributed by atoms with van der Waals surface area (Å²) in [6, 6.07) is 11.8. The molecule has 1 aliphatic carbocycles. The lowest BCUT2D eigenvalue weighted by Crippen LogP contribution is -2.57. The number of nitrogens with one attached hydrogen (secondary N) is 4. The number of halogens is 2. The van der Waals surface area contributed by atoms with Crippen LogP contribution in [0.25, 0.3) is 28.4 Å². The highest BCUT2D eigenvalue weighted by Gasteiger charge is 2.40. The van der Waals surface area contributed by atoms with E-state index in [0.717, 1.165) is 18.4 Å². The summed E-state index contributed by atoms with van der Waals surface area (Å²) in [4.78, 5) is 72.1. The van der Waals surface area contributed by atoms with Crippen molar-refractivity contribution >= 4 is 51.9 Å². The topological polar surface area (TPSA) is 180 Å². The van der Waals surface area contributed by atoms with E-state index in [1.54, 1.807) is 24.3 Å². The molecular formula is C38H48F2N6O7S. The average molecular weight is 771 g/mol. The van der Waals surface area contributed by atoms with Gasteiger partial charge in [0, 0.05) is 18.0 Å². The van der Waals surface area contributed by atoms with Crippen LogP contribution >= 0.6 is 0 Å². The summed E-state index contributed by atoms with van der Waals surface area (Å²) in [7, 11) is -1.73. The Morgan fingerprint density at radius 2 is 1.78 bits per heavy atom. The highest BCUT2D eigenvalue weighted by molar-refractivity contribution is 7.84. The van der Waals surface area contributed by atoms with Crippen LogP contribution in [0, 0.1) is 11.8 Å². The van der Waals surface area contributed by atoms with Crippen molar-refractivity contribution in [2.45, 2.75) is 83.6 Å². The Kier molecular flexibility index (Phi) is 15.4. The molecule has 54 heavy (non-hydrogen) atoms. The van der Waals surface area contributed by atoms with E-state index >= 15 is 0 Å². The van der Waals surface area contributed by atoms with Crippen molar-refractivity contribution in [1.82, 2.24) is 30.2 Å². The standard InChI is InChI=1S/C34H38F2N6O7S.C4H10/c1-20(30(35)36)28(33(46)41-50(48)23-14-15-23)40-31(44)26-13-7-16-42(26)27(43)19-37-34(47)49-17-5-4-8-21-9-6-10-22(18-21)29-32(45)39-25-12-3-2-11-24(25)38-29;1-4(2)3/h2-4,6,8-12,18,20,23,26,28,30H,5,7,13-17,19H2,1H3,(H,37,47)(H,39,45)(H,40,44)(H,41,46);4H,1-3H3/b8-4+;. The fourth-order valence-corrected chi connectivity index (χ4v) is 6.51. The van der Waals surface area contributed by atoms with Crippen molar-refractivity contribution in [2.75, 3.05) is 19.7 Å². The van der Waals surface area contributed by atoms with Crippen molar-refractivity contribution in [3.8, 4) is 11.3 Å². The Balaban J connectivity index is 0.00000155. The summed E-state index contributed by atoms with van der Waals surface area (Å²) in [5, 5.41) is 4.46. The van der Waals surface area contributed by atoms with E-state index in [9.17, 15) is 37.0 Å². The van der Waals surface area contributed by atoms with Crippen molar-refractivity contribution < 1.29 is 36.9 Å². The van der Waals surface area contributed by atoms with Gasteiger partial charge in [0.15, 0.2) is 0 Å². The summed E-state index contributed by atoms with van der Waals surface area (Å²) in [5.74, 6) is -3.09. The molecule has 16 heteroatoms. The molecule has 1 aromatic heterocycles. The highest BCUT2D eigenvalue weighted by Crippen LogP contribution is 2.25. The molecule has 4 N–H and O–H groups in total. The van der Waals surface area contributed by atoms with E-state index in [2.05, 4.69) is 46.1 Å². The van der Waals surface area contributed by atoms with Crippen LogP contribution in [0.1, 0.15) is 65.4 Å². The third-order valence-corrected chi connectivity index (χ3v) is 9.86. The number of hydrogen-bond donors (Lipinski definition) is 4. The summed E-state index contributed by atoms with van der Waals surface area (Å²) in [6.07, 6.45) is 2.15. The highest BCUT2D eigenvalue weighted by atomic mass is 32.2. The van der Waals surface area contributed by atoms with Crippen molar-refractivity contribution in [3.63, 3.8) is 0 Å². The minimum Gasteiger partial charge on any atom is -0.449 e. The van der Waals surface area contributed by atoms with E-state index < -0.39 is 65.8 Å². The SMILES string of the molecule is CC(C(F)F)C(NC(=O)C1CCCN1C(=O)CNC(=O)OCC/C=C/c1cccc(-c2nc3ccccc3[nH]c2=O)c1)C(=O)NS(=O)C1CC1.CC(C)C. The number of amides is 4. The first-order chi connectivity index (χ1) is 25.7. The Morgan fingerprint density at radius 3 is 2.48 bits per heavy atom. The zero-order valence-electron chi connectivity index (χ0n) is 30.8. The molecule has 4 atom stereocenters. The second kappa shape index (κ2) is 19.9. The van der Waals surface area contributed by atoms with Crippen LogP contribution in [0.4, 0.5) is 13.6 Å². The fraction of sp³-hybridized carbons (Fsp3) is 0.474. The monoisotopic (exact) mass is 770 g/mol. The van der Waals surface area contributed by atoms with Gasteiger partial charge < -0.3 is 25.3 Å². The number of alkyl carbamates (subject to hydrolysis) is 1. The Morgan fingerprint density at radius 1 is 1.06 bits per heavy atom. The Bertz CT molecular complexity index is 1900. The number of rotatable bonds is 14.